The summed E-state index contributed by atoms with van der Waals surface area (Å²) in [6.07, 6.45) is -3.24. The number of hydrogen-bond acceptors (Lipinski definition) is 4. The molecule has 1 aliphatic heterocycles. The minimum Gasteiger partial charge on any atom is -0.457 e. The van der Waals surface area contributed by atoms with Crippen LogP contribution in [0.5, 0.6) is 11.5 Å². The van der Waals surface area contributed by atoms with E-state index in [1.807, 2.05) is 0 Å². The molecule has 0 N–H and O–H groups in total. The van der Waals surface area contributed by atoms with Gasteiger partial charge in [-0.1, -0.05) is 12.6 Å². The molecule has 0 amide bonds. The predicted molar refractivity (Wildman–Crippen MR) is 92.6 cm³/mol. The van der Waals surface area contributed by atoms with Crippen molar-refractivity contribution in [2.24, 2.45) is 0 Å². The summed E-state index contributed by atoms with van der Waals surface area (Å²) < 4.78 is 68.0. The Morgan fingerprint density at radius 1 is 1.15 bits per heavy atom. The molecule has 0 aromatic heterocycles. The second-order valence-corrected chi connectivity index (χ2v) is 8.18. The number of sulfone groups is 1. The number of alkyl halides is 3. The molecule has 3 rings (SSSR count). The van der Waals surface area contributed by atoms with Crippen LogP contribution in [-0.2, 0) is 20.8 Å². The van der Waals surface area contributed by atoms with Crippen molar-refractivity contribution in [3.63, 3.8) is 0 Å². The maximum absolute atomic E-state index is 12.6. The molecule has 2 aromatic carbocycles. The van der Waals surface area contributed by atoms with Crippen molar-refractivity contribution in [2.75, 3.05) is 5.75 Å². The Balaban J connectivity index is 1.86. The van der Waals surface area contributed by atoms with Crippen molar-refractivity contribution in [3.8, 4) is 11.5 Å². The van der Waals surface area contributed by atoms with Crippen LogP contribution in [0.4, 0.5) is 13.2 Å². The van der Waals surface area contributed by atoms with Crippen molar-refractivity contribution in [1.29, 1.82) is 0 Å². The summed E-state index contributed by atoms with van der Waals surface area (Å²) in [5.74, 6) is -0.528. The van der Waals surface area contributed by atoms with E-state index in [0.29, 0.717) is 5.56 Å². The number of benzene rings is 2. The minimum atomic E-state index is -4.45. The van der Waals surface area contributed by atoms with Crippen LogP contribution in [0.25, 0.3) is 0 Å². The molecule has 1 aliphatic rings. The number of hydrogen-bond donors (Lipinski definition) is 0. The SMILES string of the molecule is C=CC(=O)CC1CS(=O)(=O)c2cc(Oc3ccc(C(F)(F)F)cc3)ccc21. The van der Waals surface area contributed by atoms with Gasteiger partial charge in [-0.25, -0.2) is 8.42 Å². The monoisotopic (exact) mass is 396 g/mol. The smallest absolute Gasteiger partial charge is 0.416 e. The lowest BCUT2D eigenvalue weighted by Crippen LogP contribution is -2.07. The number of halogens is 3. The van der Waals surface area contributed by atoms with Crippen molar-refractivity contribution < 1.29 is 31.1 Å². The maximum atomic E-state index is 12.6. The van der Waals surface area contributed by atoms with Crippen molar-refractivity contribution in [3.05, 3.63) is 66.2 Å². The average Bonchev–Trinajstić information content (AvgIpc) is 2.84. The lowest BCUT2D eigenvalue weighted by atomic mass is 9.96. The molecule has 1 heterocycles. The predicted octanol–water partition coefficient (Wildman–Crippen LogP) is 4.51. The van der Waals surface area contributed by atoms with Gasteiger partial charge in [0.25, 0.3) is 0 Å². The van der Waals surface area contributed by atoms with E-state index in [2.05, 4.69) is 6.58 Å². The normalized spacial score (nSPS) is 18.0. The van der Waals surface area contributed by atoms with Gasteiger partial charge in [0, 0.05) is 12.3 Å². The zero-order valence-corrected chi connectivity index (χ0v) is 14.8. The Morgan fingerprint density at radius 2 is 1.78 bits per heavy atom. The van der Waals surface area contributed by atoms with Crippen LogP contribution in [0.15, 0.2) is 60.0 Å². The maximum Gasteiger partial charge on any atom is 0.416 e. The fourth-order valence-electron chi connectivity index (χ4n) is 2.97. The highest BCUT2D eigenvalue weighted by molar-refractivity contribution is 7.91. The number of ketones is 1. The van der Waals surface area contributed by atoms with Crippen LogP contribution < -0.4 is 4.74 Å². The van der Waals surface area contributed by atoms with E-state index in [4.69, 9.17) is 4.74 Å². The molecule has 0 radical (unpaired) electrons. The van der Waals surface area contributed by atoms with E-state index in [1.165, 1.54) is 12.1 Å². The zero-order valence-electron chi connectivity index (χ0n) is 14.0. The third kappa shape index (κ3) is 4.05. The first kappa shape index (κ1) is 19.2. The Kier molecular flexibility index (Phi) is 4.86. The standard InChI is InChI=1S/C19H15F3O4S/c1-2-14(23)9-12-11-27(24,25)18-10-16(7-8-17(12)18)26-15-5-3-13(4-6-15)19(20,21)22/h2-8,10,12H,1,9,11H2. The Hall–Kier alpha value is -2.61. The van der Waals surface area contributed by atoms with Gasteiger partial charge in [-0.05, 0) is 48.0 Å². The van der Waals surface area contributed by atoms with Crippen LogP contribution >= 0.6 is 0 Å². The minimum absolute atomic E-state index is 0.0504. The number of ether oxygens (including phenoxy) is 1. The van der Waals surface area contributed by atoms with E-state index in [0.717, 1.165) is 30.3 Å². The largest absolute Gasteiger partial charge is 0.457 e. The Morgan fingerprint density at radius 3 is 2.37 bits per heavy atom. The van der Waals surface area contributed by atoms with Crippen LogP contribution in [0, 0.1) is 0 Å². The van der Waals surface area contributed by atoms with Crippen molar-refractivity contribution in [2.45, 2.75) is 23.4 Å². The van der Waals surface area contributed by atoms with Gasteiger partial charge in [-0.2, -0.15) is 13.2 Å². The summed E-state index contributed by atoms with van der Waals surface area (Å²) in [4.78, 5) is 11.7. The van der Waals surface area contributed by atoms with Gasteiger partial charge in [-0.3, -0.25) is 4.79 Å². The molecule has 0 spiro atoms. The number of fused-ring (bicyclic) bond motifs is 1. The molecule has 4 nitrogen and oxygen atoms in total. The molecule has 8 heteroatoms. The molecule has 2 aromatic rings. The van der Waals surface area contributed by atoms with E-state index >= 15 is 0 Å². The Bertz CT molecular complexity index is 993. The quantitative estimate of drug-likeness (QED) is 0.698. The molecule has 0 bridgehead atoms. The van der Waals surface area contributed by atoms with Gasteiger partial charge in [-0.15, -0.1) is 0 Å². The first-order valence-electron chi connectivity index (χ1n) is 7.97. The van der Waals surface area contributed by atoms with Gasteiger partial charge in [0.15, 0.2) is 15.6 Å². The summed E-state index contributed by atoms with van der Waals surface area (Å²) >= 11 is 0. The number of allylic oxidation sites excluding steroid dienone is 1. The molecular weight excluding hydrogens is 381 g/mol. The summed E-state index contributed by atoms with van der Waals surface area (Å²) in [6.45, 7) is 3.39. The van der Waals surface area contributed by atoms with Gasteiger partial charge in [0.05, 0.1) is 16.2 Å². The zero-order chi connectivity index (χ0) is 19.8. The summed E-state index contributed by atoms with van der Waals surface area (Å²) in [5.41, 5.74) is -0.272. The van der Waals surface area contributed by atoms with Crippen LogP contribution in [-0.4, -0.2) is 20.0 Å². The molecule has 0 saturated carbocycles. The lowest BCUT2D eigenvalue weighted by Gasteiger charge is -2.11. The average molecular weight is 396 g/mol. The second kappa shape index (κ2) is 6.84. The van der Waals surface area contributed by atoms with Crippen molar-refractivity contribution in [1.82, 2.24) is 0 Å². The summed E-state index contributed by atoms with van der Waals surface area (Å²) in [5, 5.41) is 0. The number of carbonyl (C=O) groups excluding carboxylic acids is 1. The van der Waals surface area contributed by atoms with Crippen LogP contribution in [0.3, 0.4) is 0 Å². The fourth-order valence-corrected chi connectivity index (χ4v) is 4.87. The van der Waals surface area contributed by atoms with Crippen LogP contribution in [0.1, 0.15) is 23.5 Å². The molecule has 27 heavy (non-hydrogen) atoms. The molecule has 0 saturated heterocycles. The van der Waals surface area contributed by atoms with Gasteiger partial charge in [0.1, 0.15) is 11.5 Å². The molecule has 0 fully saturated rings. The van der Waals surface area contributed by atoms with E-state index in [1.54, 1.807) is 6.07 Å². The van der Waals surface area contributed by atoms with E-state index in [-0.39, 0.29) is 34.4 Å². The molecule has 0 aliphatic carbocycles. The third-order valence-corrected chi connectivity index (χ3v) is 6.14. The third-order valence-electron chi connectivity index (χ3n) is 4.27. The van der Waals surface area contributed by atoms with Gasteiger partial charge < -0.3 is 4.74 Å². The number of rotatable bonds is 5. The highest BCUT2D eigenvalue weighted by atomic mass is 32.2. The topological polar surface area (TPSA) is 60.4 Å². The molecule has 1 unspecified atom stereocenters. The molecule has 142 valence electrons. The molecular formula is C19H15F3O4S. The first-order valence-corrected chi connectivity index (χ1v) is 9.62. The summed E-state index contributed by atoms with van der Waals surface area (Å²) in [6, 6.07) is 8.53. The van der Waals surface area contributed by atoms with E-state index in [9.17, 15) is 26.4 Å². The van der Waals surface area contributed by atoms with Gasteiger partial charge >= 0.3 is 6.18 Å². The van der Waals surface area contributed by atoms with Crippen molar-refractivity contribution >= 4 is 15.6 Å². The second-order valence-electron chi connectivity index (χ2n) is 6.18. The summed E-state index contributed by atoms with van der Waals surface area (Å²) in [7, 11) is -3.56. The lowest BCUT2D eigenvalue weighted by molar-refractivity contribution is -0.137. The van der Waals surface area contributed by atoms with E-state index < -0.39 is 27.5 Å². The fraction of sp³-hybridized carbons (Fsp3) is 0.211. The highest BCUT2D eigenvalue weighted by Crippen LogP contribution is 2.40. The van der Waals surface area contributed by atoms with Crippen LogP contribution in [0.2, 0.25) is 0 Å². The number of carbonyl (C=O) groups is 1. The Labute approximate surface area is 154 Å². The van der Waals surface area contributed by atoms with Gasteiger partial charge in [0.2, 0.25) is 0 Å². The highest BCUT2D eigenvalue weighted by Gasteiger charge is 2.36. The molecule has 1 atom stereocenters. The first-order chi connectivity index (χ1) is 12.6.